The third-order valence-corrected chi connectivity index (χ3v) is 6.13. The molecule has 4 aliphatic rings. The molecule has 7 heteroatoms. The van der Waals surface area contributed by atoms with Gasteiger partial charge in [-0.15, -0.1) is 24.0 Å². The first-order valence-electron chi connectivity index (χ1n) is 10.6. The SMILES string of the molecule is CCNC(=NCC1CN2CCN1CC2)N1CC=C(c2cccc(OC)c2)CC1.I. The molecule has 0 amide bonds. The summed E-state index contributed by atoms with van der Waals surface area (Å²) in [5.74, 6) is 1.98. The topological polar surface area (TPSA) is 43.3 Å². The van der Waals surface area contributed by atoms with Gasteiger partial charge in [0.05, 0.1) is 13.7 Å². The van der Waals surface area contributed by atoms with E-state index >= 15 is 0 Å². The molecule has 0 spiro atoms. The number of methoxy groups -OCH3 is 1. The molecular weight excluding hydrogens is 477 g/mol. The van der Waals surface area contributed by atoms with E-state index in [9.17, 15) is 0 Å². The van der Waals surface area contributed by atoms with E-state index in [1.54, 1.807) is 7.11 Å². The molecule has 0 saturated carbocycles. The van der Waals surface area contributed by atoms with Crippen molar-refractivity contribution in [3.63, 3.8) is 0 Å². The molecule has 0 radical (unpaired) electrons. The Morgan fingerprint density at radius 1 is 1.21 bits per heavy atom. The van der Waals surface area contributed by atoms with Gasteiger partial charge in [-0.1, -0.05) is 18.2 Å². The van der Waals surface area contributed by atoms with Gasteiger partial charge in [0.15, 0.2) is 5.96 Å². The number of hydrogen-bond acceptors (Lipinski definition) is 4. The highest BCUT2D eigenvalue weighted by Crippen LogP contribution is 2.25. The zero-order valence-electron chi connectivity index (χ0n) is 17.6. The van der Waals surface area contributed by atoms with Crippen molar-refractivity contribution >= 4 is 35.5 Å². The van der Waals surface area contributed by atoms with E-state index in [1.165, 1.54) is 43.9 Å². The zero-order valence-corrected chi connectivity index (χ0v) is 20.0. The zero-order chi connectivity index (χ0) is 19.3. The Morgan fingerprint density at radius 3 is 2.66 bits per heavy atom. The predicted octanol–water partition coefficient (Wildman–Crippen LogP) is 2.37. The van der Waals surface area contributed by atoms with E-state index in [-0.39, 0.29) is 24.0 Å². The molecule has 1 atom stereocenters. The Balaban J connectivity index is 0.00000240. The molecule has 3 saturated heterocycles. The minimum atomic E-state index is 0. The fourth-order valence-electron chi connectivity index (χ4n) is 4.46. The van der Waals surface area contributed by atoms with Crippen molar-refractivity contribution in [1.29, 1.82) is 0 Å². The van der Waals surface area contributed by atoms with Crippen LogP contribution in [0.2, 0.25) is 0 Å². The Bertz CT molecular complexity index is 730. The normalized spacial score (nSPS) is 26.6. The molecule has 1 N–H and O–H groups in total. The lowest BCUT2D eigenvalue weighted by atomic mass is 9.99. The molecule has 2 bridgehead atoms. The number of ether oxygens (including phenoxy) is 1. The van der Waals surface area contributed by atoms with Crippen LogP contribution in [0.4, 0.5) is 0 Å². The minimum absolute atomic E-state index is 0. The molecule has 4 heterocycles. The number of fused-ring (bicyclic) bond motifs is 3. The summed E-state index contributed by atoms with van der Waals surface area (Å²) in [4.78, 5) is 12.6. The van der Waals surface area contributed by atoms with Crippen molar-refractivity contribution in [1.82, 2.24) is 20.0 Å². The second-order valence-electron chi connectivity index (χ2n) is 7.84. The number of benzene rings is 1. The van der Waals surface area contributed by atoms with Crippen LogP contribution in [0.3, 0.4) is 0 Å². The number of halogens is 1. The van der Waals surface area contributed by atoms with Crippen LogP contribution in [0.1, 0.15) is 18.9 Å². The second kappa shape index (κ2) is 10.6. The molecule has 0 aliphatic carbocycles. The lowest BCUT2D eigenvalue weighted by Gasteiger charge is -2.47. The van der Waals surface area contributed by atoms with E-state index in [2.05, 4.69) is 51.2 Å². The van der Waals surface area contributed by atoms with Crippen LogP contribution in [0.25, 0.3) is 5.57 Å². The number of aliphatic imine (C=N–C) groups is 1. The number of nitrogens with zero attached hydrogens (tertiary/aromatic N) is 4. The Kier molecular flexibility index (Phi) is 8.20. The van der Waals surface area contributed by atoms with Crippen LogP contribution in [0.15, 0.2) is 35.3 Å². The number of piperazine rings is 3. The first kappa shape index (κ1) is 22.4. The second-order valence-corrected chi connectivity index (χ2v) is 7.84. The molecule has 4 aliphatic heterocycles. The Morgan fingerprint density at radius 2 is 2.03 bits per heavy atom. The van der Waals surface area contributed by atoms with E-state index in [0.29, 0.717) is 6.04 Å². The maximum atomic E-state index is 5.37. The molecular formula is C22H34IN5O. The smallest absolute Gasteiger partial charge is 0.194 e. The third-order valence-electron chi connectivity index (χ3n) is 6.13. The first-order chi connectivity index (χ1) is 13.8. The van der Waals surface area contributed by atoms with Gasteiger partial charge in [0.25, 0.3) is 0 Å². The van der Waals surface area contributed by atoms with Gasteiger partial charge in [0, 0.05) is 58.4 Å². The molecule has 5 rings (SSSR count). The first-order valence-corrected chi connectivity index (χ1v) is 10.6. The van der Waals surface area contributed by atoms with Gasteiger partial charge in [-0.2, -0.15) is 0 Å². The maximum absolute atomic E-state index is 5.37. The van der Waals surface area contributed by atoms with Gasteiger partial charge in [-0.3, -0.25) is 14.8 Å². The molecule has 0 aromatic heterocycles. The summed E-state index contributed by atoms with van der Waals surface area (Å²) in [6, 6.07) is 8.94. The van der Waals surface area contributed by atoms with Crippen molar-refractivity contribution in [2.45, 2.75) is 19.4 Å². The van der Waals surface area contributed by atoms with Crippen LogP contribution >= 0.6 is 24.0 Å². The summed E-state index contributed by atoms with van der Waals surface area (Å²) >= 11 is 0. The summed E-state index contributed by atoms with van der Waals surface area (Å²) in [5.41, 5.74) is 2.66. The molecule has 3 fully saturated rings. The minimum Gasteiger partial charge on any atom is -0.497 e. The van der Waals surface area contributed by atoms with Crippen molar-refractivity contribution in [2.75, 3.05) is 66.0 Å². The highest BCUT2D eigenvalue weighted by Gasteiger charge is 2.31. The van der Waals surface area contributed by atoms with Crippen LogP contribution < -0.4 is 10.1 Å². The number of rotatable bonds is 5. The third kappa shape index (κ3) is 5.44. The fourth-order valence-corrected chi connectivity index (χ4v) is 4.46. The van der Waals surface area contributed by atoms with Crippen LogP contribution in [-0.2, 0) is 0 Å². The van der Waals surface area contributed by atoms with Crippen molar-refractivity contribution in [3.8, 4) is 5.75 Å². The monoisotopic (exact) mass is 511 g/mol. The standard InChI is InChI=1S/C22H33N5O.HI/c1-3-23-22(24-16-20-17-25-11-13-26(20)14-12-25)27-9-7-18(8-10-27)19-5-4-6-21(15-19)28-2;/h4-7,15,20H,3,8-14,16-17H2,1-2H3,(H,23,24);1H. The lowest BCUT2D eigenvalue weighted by Crippen LogP contribution is -2.62. The van der Waals surface area contributed by atoms with E-state index in [1.807, 2.05) is 6.07 Å². The van der Waals surface area contributed by atoms with Crippen LogP contribution in [0, 0.1) is 0 Å². The van der Waals surface area contributed by atoms with E-state index in [0.717, 1.165) is 44.3 Å². The summed E-state index contributed by atoms with van der Waals surface area (Å²) < 4.78 is 5.37. The number of hydrogen-bond donors (Lipinski definition) is 1. The highest BCUT2D eigenvalue weighted by atomic mass is 127. The van der Waals surface area contributed by atoms with Crippen LogP contribution in [0.5, 0.6) is 5.75 Å². The molecule has 1 aromatic carbocycles. The van der Waals surface area contributed by atoms with Crippen molar-refractivity contribution < 1.29 is 4.74 Å². The van der Waals surface area contributed by atoms with Crippen LogP contribution in [-0.4, -0.2) is 92.7 Å². The summed E-state index contributed by atoms with van der Waals surface area (Å²) in [5, 5.41) is 3.50. The molecule has 1 unspecified atom stereocenters. The molecule has 6 nitrogen and oxygen atoms in total. The van der Waals surface area contributed by atoms with Gasteiger partial charge in [-0.25, -0.2) is 0 Å². The van der Waals surface area contributed by atoms with Crippen molar-refractivity contribution in [2.24, 2.45) is 4.99 Å². The van der Waals surface area contributed by atoms with E-state index in [4.69, 9.17) is 9.73 Å². The average Bonchev–Trinajstić information content (AvgIpc) is 2.77. The van der Waals surface area contributed by atoms with Gasteiger partial charge >= 0.3 is 0 Å². The largest absolute Gasteiger partial charge is 0.497 e. The quantitative estimate of drug-likeness (QED) is 0.374. The fraction of sp³-hybridized carbons (Fsp3) is 0.591. The lowest BCUT2D eigenvalue weighted by molar-refractivity contribution is 0.0173. The Hall–Kier alpha value is -1.32. The Labute approximate surface area is 192 Å². The molecule has 1 aromatic rings. The summed E-state index contributed by atoms with van der Waals surface area (Å²) in [7, 11) is 1.72. The number of nitrogens with one attached hydrogen (secondary N) is 1. The summed E-state index contributed by atoms with van der Waals surface area (Å²) in [6.07, 6.45) is 3.36. The maximum Gasteiger partial charge on any atom is 0.194 e. The molecule has 160 valence electrons. The predicted molar refractivity (Wildman–Crippen MR) is 130 cm³/mol. The van der Waals surface area contributed by atoms with E-state index < -0.39 is 0 Å². The van der Waals surface area contributed by atoms with Gasteiger partial charge in [0.1, 0.15) is 5.75 Å². The van der Waals surface area contributed by atoms with Gasteiger partial charge < -0.3 is 15.0 Å². The average molecular weight is 511 g/mol. The van der Waals surface area contributed by atoms with Gasteiger partial charge in [-0.05, 0) is 36.6 Å². The van der Waals surface area contributed by atoms with Gasteiger partial charge in [0.2, 0.25) is 0 Å². The summed E-state index contributed by atoms with van der Waals surface area (Å²) in [6.45, 7) is 11.9. The molecule has 29 heavy (non-hydrogen) atoms. The highest BCUT2D eigenvalue weighted by molar-refractivity contribution is 14.0. The van der Waals surface area contributed by atoms with Crippen molar-refractivity contribution in [3.05, 3.63) is 35.9 Å². The number of guanidine groups is 1.